The molecule has 4 heteroatoms. The first-order valence-electron chi connectivity index (χ1n) is 0.494. The summed E-state index contributed by atoms with van der Waals surface area (Å²) in [7, 11) is 0. The van der Waals surface area contributed by atoms with Gasteiger partial charge in [0.15, 0.2) is 0 Å². The van der Waals surface area contributed by atoms with Gasteiger partial charge in [0.25, 0.3) is 6.47 Å². The Morgan fingerprint density at radius 2 is 1.60 bits per heavy atom. The molecule has 0 aliphatic heterocycles. The summed E-state index contributed by atoms with van der Waals surface area (Å²) < 4.78 is 0. The first-order chi connectivity index (χ1) is 1.41. The number of rotatable bonds is 0. The van der Waals surface area contributed by atoms with Crippen molar-refractivity contribution >= 4 is 6.47 Å². The molecule has 0 aromatic rings. The van der Waals surface area contributed by atoms with Crippen molar-refractivity contribution in [3.63, 3.8) is 0 Å². The van der Waals surface area contributed by atoms with Crippen molar-refractivity contribution in [2.45, 2.75) is 0 Å². The molecule has 0 aromatic carbocycles. The van der Waals surface area contributed by atoms with E-state index < -0.39 is 0 Å². The van der Waals surface area contributed by atoms with E-state index in [1.54, 1.807) is 0 Å². The van der Waals surface area contributed by atoms with Crippen molar-refractivity contribution in [1.29, 1.82) is 0 Å². The molecule has 0 bridgehead atoms. The van der Waals surface area contributed by atoms with Gasteiger partial charge in [-0.25, -0.2) is 0 Å². The Morgan fingerprint density at radius 1 is 1.60 bits per heavy atom. The third-order valence-electron chi connectivity index (χ3n) is 0. The Morgan fingerprint density at radius 3 is 1.60 bits per heavy atom. The van der Waals surface area contributed by atoms with Crippen molar-refractivity contribution < 1.29 is 34.2 Å². The van der Waals surface area contributed by atoms with E-state index >= 15 is 0 Å². The Kier molecular flexibility index (Phi) is 139. The van der Waals surface area contributed by atoms with Crippen LogP contribution >= 0.6 is 0 Å². The van der Waals surface area contributed by atoms with Crippen molar-refractivity contribution in [3.8, 4) is 0 Å². The van der Waals surface area contributed by atoms with Crippen LogP contribution in [-0.4, -0.2) is 17.1 Å². The second-order valence-corrected chi connectivity index (χ2v) is 0.105. The monoisotopic (exact) mass is 70.0 g/mol. The standard InChI is InChI=1S/CH2O2.Li.H2O/c2-1-3;;/h1H,(H,2,3);;1H2/q;+1;/p-1. The summed E-state index contributed by atoms with van der Waals surface area (Å²) in [6.07, 6.45) is 0. The third-order valence-corrected chi connectivity index (χ3v) is 0. The van der Waals surface area contributed by atoms with E-state index in [0.717, 1.165) is 0 Å². The van der Waals surface area contributed by atoms with Crippen LogP contribution in [0, 0.1) is 0 Å². The normalized spacial score (nSPS) is 2.40. The molecule has 0 unspecified atom stereocenters. The molecule has 0 amide bonds. The van der Waals surface area contributed by atoms with Gasteiger partial charge in [-0.05, 0) is 0 Å². The molecule has 26 valence electrons. The van der Waals surface area contributed by atoms with Crippen LogP contribution in [0.15, 0.2) is 0 Å². The third kappa shape index (κ3) is 22000. The molecule has 0 spiro atoms. The molecule has 0 atom stereocenters. The zero-order valence-electron chi connectivity index (χ0n) is 2.88. The molecule has 0 fully saturated rings. The molecule has 0 aliphatic rings. The maximum atomic E-state index is 8.36. The van der Waals surface area contributed by atoms with Crippen molar-refractivity contribution in [1.82, 2.24) is 0 Å². The van der Waals surface area contributed by atoms with Crippen LogP contribution < -0.4 is 18.9 Å². The van der Waals surface area contributed by atoms with E-state index in [4.69, 9.17) is 9.90 Å². The molecule has 0 saturated carbocycles. The molecule has 5 heavy (non-hydrogen) atoms. The van der Waals surface area contributed by atoms with Crippen LogP contribution in [0.4, 0.5) is 0 Å². The van der Waals surface area contributed by atoms with E-state index in [1.165, 1.54) is 0 Å². The predicted octanol–water partition coefficient (Wildman–Crippen LogP) is -3.47. The van der Waals surface area contributed by atoms with E-state index in [9.17, 15) is 0 Å². The number of carbonyl (C=O) groups is 1. The number of hydrogen-bond donors (Lipinski definition) is 1. The number of hydrogen-bond acceptors (Lipinski definition) is 2. The van der Waals surface area contributed by atoms with Crippen molar-refractivity contribution in [2.24, 2.45) is 0 Å². The maximum Gasteiger partial charge on any atom is 1.00 e. The first kappa shape index (κ1) is 19.8. The summed E-state index contributed by atoms with van der Waals surface area (Å²) in [6.45, 7) is -0.250. The fourth-order valence-corrected chi connectivity index (χ4v) is 0. The smallest absolute Gasteiger partial charge is 0.870 e. The van der Waals surface area contributed by atoms with Gasteiger partial charge in [0.1, 0.15) is 0 Å². The molecule has 0 aliphatic carbocycles. The van der Waals surface area contributed by atoms with Crippen molar-refractivity contribution in [2.75, 3.05) is 0 Å². The van der Waals surface area contributed by atoms with Gasteiger partial charge >= 0.3 is 18.9 Å². The van der Waals surface area contributed by atoms with Gasteiger partial charge in [-0.3, -0.25) is 4.79 Å². The SMILES string of the molecule is O=CO.[Li+].[OH-]. The summed E-state index contributed by atoms with van der Waals surface area (Å²) in [4.78, 5) is 8.36. The minimum absolute atomic E-state index is 0. The number of carboxylic acid groups (broad SMARTS) is 1. The predicted molar refractivity (Wildman–Crippen MR) is 10.6 cm³/mol. The van der Waals surface area contributed by atoms with E-state index in [-0.39, 0.29) is 30.8 Å². The summed E-state index contributed by atoms with van der Waals surface area (Å²) >= 11 is 0. The van der Waals surface area contributed by atoms with Crippen LogP contribution in [0.2, 0.25) is 0 Å². The minimum atomic E-state index is -0.250. The molecule has 0 radical (unpaired) electrons. The topological polar surface area (TPSA) is 67.3 Å². The van der Waals surface area contributed by atoms with Gasteiger partial charge in [-0.1, -0.05) is 0 Å². The molecular weight excluding hydrogens is 66.9 g/mol. The van der Waals surface area contributed by atoms with E-state index in [0.29, 0.717) is 0 Å². The second-order valence-electron chi connectivity index (χ2n) is 0.105. The minimum Gasteiger partial charge on any atom is -0.870 e. The molecule has 0 rings (SSSR count). The summed E-state index contributed by atoms with van der Waals surface area (Å²) in [5.41, 5.74) is 0. The van der Waals surface area contributed by atoms with Gasteiger partial charge in [0.2, 0.25) is 0 Å². The fraction of sp³-hybridized carbons (Fsp3) is 0. The van der Waals surface area contributed by atoms with Gasteiger partial charge in [-0.2, -0.15) is 0 Å². The fourth-order valence-electron chi connectivity index (χ4n) is 0. The Bertz CT molecular complexity index is 14.4. The van der Waals surface area contributed by atoms with E-state index in [1.807, 2.05) is 0 Å². The second kappa shape index (κ2) is 35.0. The Hall–Kier alpha value is 0.0274. The van der Waals surface area contributed by atoms with Crippen LogP contribution in [-0.2, 0) is 4.79 Å². The van der Waals surface area contributed by atoms with Gasteiger partial charge in [0, 0.05) is 0 Å². The molecule has 0 heterocycles. The molecule has 2 N–H and O–H groups in total. The van der Waals surface area contributed by atoms with E-state index in [2.05, 4.69) is 0 Å². The van der Waals surface area contributed by atoms with Crippen LogP contribution in [0.25, 0.3) is 0 Å². The molecule has 3 nitrogen and oxygen atoms in total. The summed E-state index contributed by atoms with van der Waals surface area (Å²) in [6, 6.07) is 0. The largest absolute Gasteiger partial charge is 1.00 e. The van der Waals surface area contributed by atoms with Gasteiger partial charge < -0.3 is 10.6 Å². The Balaban J connectivity index is -0.0000000200. The molecule has 0 saturated heterocycles. The molecule has 0 aromatic heterocycles. The molecular formula is CH3LiO3. The van der Waals surface area contributed by atoms with Crippen molar-refractivity contribution in [3.05, 3.63) is 0 Å². The zero-order chi connectivity index (χ0) is 2.71. The average Bonchev–Trinajstić information content (AvgIpc) is 0.918. The maximum absolute atomic E-state index is 8.36. The first-order valence-corrected chi connectivity index (χ1v) is 0.494. The summed E-state index contributed by atoms with van der Waals surface area (Å²) in [5.74, 6) is 0. The average molecular weight is 70.0 g/mol. The van der Waals surface area contributed by atoms with Crippen LogP contribution in [0.5, 0.6) is 0 Å². The zero-order valence-corrected chi connectivity index (χ0v) is 2.88. The van der Waals surface area contributed by atoms with Gasteiger partial charge in [-0.15, -0.1) is 0 Å². The quantitative estimate of drug-likeness (QED) is 0.238. The van der Waals surface area contributed by atoms with Crippen LogP contribution in [0.1, 0.15) is 0 Å². The van der Waals surface area contributed by atoms with Gasteiger partial charge in [0.05, 0.1) is 0 Å². The Labute approximate surface area is 41.5 Å². The summed E-state index contributed by atoms with van der Waals surface area (Å²) in [5, 5.41) is 6.89. The van der Waals surface area contributed by atoms with Crippen LogP contribution in [0.3, 0.4) is 0 Å².